The first-order chi connectivity index (χ1) is 15.3. The number of hydrogen-bond acceptors (Lipinski definition) is 7. The minimum Gasteiger partial charge on any atom is -0.497 e. The molecule has 0 unspecified atom stereocenters. The molecule has 0 saturated carbocycles. The normalized spacial score (nSPS) is 24.4. The van der Waals surface area contributed by atoms with Crippen LogP contribution in [0, 0.1) is 11.8 Å². The number of amides is 2. The summed E-state index contributed by atoms with van der Waals surface area (Å²) in [7, 11) is 2.92. The lowest BCUT2D eigenvalue weighted by Crippen LogP contribution is -2.43. The fourth-order valence-corrected chi connectivity index (χ4v) is 4.43. The molecule has 4 atom stereocenters. The van der Waals surface area contributed by atoms with E-state index in [0.29, 0.717) is 17.1 Å². The van der Waals surface area contributed by atoms with Gasteiger partial charge < -0.3 is 19.7 Å². The highest BCUT2D eigenvalue weighted by atomic mass is 16.5. The van der Waals surface area contributed by atoms with Gasteiger partial charge in [-0.3, -0.25) is 19.7 Å². The summed E-state index contributed by atoms with van der Waals surface area (Å²) in [6.07, 6.45) is 0. The SMILES string of the molecule is COc1ccc([C@@H]2N[C@H](C(=O)O)[C@@H]3C(=O)N(c4cccc(C(=O)O)c4)C(=O)[C@H]32)c(OC)c1. The van der Waals surface area contributed by atoms with E-state index in [0.717, 1.165) is 4.90 Å². The second-order valence-corrected chi connectivity index (χ2v) is 7.49. The first kappa shape index (κ1) is 21.3. The minimum absolute atomic E-state index is 0.0823. The number of carbonyl (C=O) groups is 4. The molecule has 2 heterocycles. The van der Waals surface area contributed by atoms with E-state index in [1.165, 1.54) is 38.5 Å². The van der Waals surface area contributed by atoms with E-state index in [4.69, 9.17) is 9.47 Å². The van der Waals surface area contributed by atoms with Crippen LogP contribution in [0.1, 0.15) is 22.0 Å². The van der Waals surface area contributed by atoms with Crippen molar-refractivity contribution in [2.45, 2.75) is 12.1 Å². The lowest BCUT2D eigenvalue weighted by molar-refractivity contribution is -0.142. The summed E-state index contributed by atoms with van der Waals surface area (Å²) in [5.41, 5.74) is 0.495. The number of aromatic carboxylic acids is 1. The van der Waals surface area contributed by atoms with Crippen molar-refractivity contribution in [3.63, 3.8) is 0 Å². The number of nitrogens with zero attached hydrogens (tertiary/aromatic N) is 1. The molecule has 32 heavy (non-hydrogen) atoms. The molecule has 10 nitrogen and oxygen atoms in total. The highest BCUT2D eigenvalue weighted by Gasteiger charge is 2.61. The standard InChI is InChI=1S/C22H20N2O8/c1-31-12-6-7-13(14(9-12)32-2)17-15-16(18(23-17)22(29)30)20(26)24(19(15)25)11-5-3-4-10(8-11)21(27)28/h3-9,15-18,23H,1-2H3,(H,27,28)(H,29,30)/t15-,16-,17+,18+/m1/s1. The van der Waals surface area contributed by atoms with E-state index in [-0.39, 0.29) is 11.3 Å². The van der Waals surface area contributed by atoms with Crippen LogP contribution in [0.4, 0.5) is 5.69 Å². The Labute approximate surface area is 182 Å². The Hall–Kier alpha value is -3.92. The van der Waals surface area contributed by atoms with Crippen molar-refractivity contribution in [2.24, 2.45) is 11.8 Å². The molecule has 2 aromatic carbocycles. The molecule has 2 aliphatic rings. The molecule has 2 saturated heterocycles. The number of benzene rings is 2. The van der Waals surface area contributed by atoms with Crippen LogP contribution in [-0.2, 0) is 14.4 Å². The summed E-state index contributed by atoms with van der Waals surface area (Å²) < 4.78 is 10.6. The third kappa shape index (κ3) is 3.25. The molecule has 0 radical (unpaired) electrons. The number of carbonyl (C=O) groups excluding carboxylic acids is 2. The summed E-state index contributed by atoms with van der Waals surface area (Å²) >= 11 is 0. The monoisotopic (exact) mass is 440 g/mol. The van der Waals surface area contributed by atoms with Crippen LogP contribution >= 0.6 is 0 Å². The predicted octanol–water partition coefficient (Wildman–Crippen LogP) is 1.31. The van der Waals surface area contributed by atoms with Crippen LogP contribution in [-0.4, -0.2) is 54.2 Å². The average Bonchev–Trinajstić information content (AvgIpc) is 3.30. The number of fused-ring (bicyclic) bond motifs is 1. The smallest absolute Gasteiger partial charge is 0.335 e. The fourth-order valence-electron chi connectivity index (χ4n) is 4.43. The molecular weight excluding hydrogens is 420 g/mol. The van der Waals surface area contributed by atoms with Crippen molar-refractivity contribution >= 4 is 29.4 Å². The van der Waals surface area contributed by atoms with Crippen LogP contribution in [0.5, 0.6) is 11.5 Å². The molecule has 0 aromatic heterocycles. The number of rotatable bonds is 6. The van der Waals surface area contributed by atoms with Crippen LogP contribution < -0.4 is 19.7 Å². The Kier molecular flexibility index (Phi) is 5.31. The summed E-state index contributed by atoms with van der Waals surface area (Å²) in [5.74, 6) is -5.08. The third-order valence-electron chi connectivity index (χ3n) is 5.87. The Morgan fingerprint density at radius 3 is 2.31 bits per heavy atom. The van der Waals surface area contributed by atoms with E-state index in [9.17, 15) is 29.4 Å². The molecule has 4 rings (SSSR count). The van der Waals surface area contributed by atoms with Gasteiger partial charge in [0.05, 0.1) is 37.3 Å². The number of hydrogen-bond donors (Lipinski definition) is 3. The van der Waals surface area contributed by atoms with Crippen molar-refractivity contribution in [2.75, 3.05) is 19.1 Å². The molecule has 3 N–H and O–H groups in total. The van der Waals surface area contributed by atoms with Gasteiger partial charge in [-0.05, 0) is 24.3 Å². The number of imide groups is 1. The fraction of sp³-hybridized carbons (Fsp3) is 0.273. The molecule has 2 fully saturated rings. The van der Waals surface area contributed by atoms with E-state index >= 15 is 0 Å². The summed E-state index contributed by atoms with van der Waals surface area (Å²) in [6.45, 7) is 0. The van der Waals surface area contributed by atoms with Gasteiger partial charge in [-0.15, -0.1) is 0 Å². The van der Waals surface area contributed by atoms with Gasteiger partial charge in [-0.2, -0.15) is 0 Å². The maximum Gasteiger partial charge on any atom is 0.335 e. The Bertz CT molecular complexity index is 1130. The number of ether oxygens (including phenoxy) is 2. The van der Waals surface area contributed by atoms with Gasteiger partial charge in [-0.1, -0.05) is 12.1 Å². The zero-order valence-corrected chi connectivity index (χ0v) is 17.1. The van der Waals surface area contributed by atoms with Gasteiger partial charge in [0.1, 0.15) is 17.5 Å². The first-order valence-electron chi connectivity index (χ1n) is 9.70. The van der Waals surface area contributed by atoms with Gasteiger partial charge in [0.2, 0.25) is 11.8 Å². The number of anilines is 1. The molecule has 0 aliphatic carbocycles. The number of carboxylic acid groups (broad SMARTS) is 2. The van der Waals surface area contributed by atoms with Crippen LogP contribution in [0.3, 0.4) is 0 Å². The zero-order chi connectivity index (χ0) is 23.2. The first-order valence-corrected chi connectivity index (χ1v) is 9.70. The highest BCUT2D eigenvalue weighted by molar-refractivity contribution is 6.24. The molecule has 166 valence electrons. The number of methoxy groups -OCH3 is 2. The molecule has 0 spiro atoms. The molecule has 0 bridgehead atoms. The molecule has 10 heteroatoms. The lowest BCUT2D eigenvalue weighted by Gasteiger charge is -2.23. The summed E-state index contributed by atoms with van der Waals surface area (Å²) in [5, 5.41) is 21.9. The number of aliphatic carboxylic acids is 1. The predicted molar refractivity (Wildman–Crippen MR) is 110 cm³/mol. The van der Waals surface area contributed by atoms with Crippen molar-refractivity contribution in [1.82, 2.24) is 5.32 Å². The Balaban J connectivity index is 1.79. The average molecular weight is 440 g/mol. The van der Waals surface area contributed by atoms with Gasteiger partial charge in [-0.25, -0.2) is 9.69 Å². The van der Waals surface area contributed by atoms with Gasteiger partial charge in [0.25, 0.3) is 0 Å². The van der Waals surface area contributed by atoms with Gasteiger partial charge >= 0.3 is 11.9 Å². The van der Waals surface area contributed by atoms with E-state index in [1.54, 1.807) is 18.2 Å². The Morgan fingerprint density at radius 1 is 0.969 bits per heavy atom. The molecule has 2 aliphatic heterocycles. The summed E-state index contributed by atoms with van der Waals surface area (Å²) in [6, 6.07) is 8.21. The molecule has 2 amide bonds. The number of nitrogens with one attached hydrogen (secondary N) is 1. The van der Waals surface area contributed by atoms with E-state index in [2.05, 4.69) is 5.32 Å². The topological polar surface area (TPSA) is 142 Å². The highest BCUT2D eigenvalue weighted by Crippen LogP contribution is 2.47. The van der Waals surface area contributed by atoms with Crippen LogP contribution in [0.2, 0.25) is 0 Å². The van der Waals surface area contributed by atoms with Crippen molar-refractivity contribution in [3.8, 4) is 11.5 Å². The van der Waals surface area contributed by atoms with E-state index < -0.39 is 47.7 Å². The lowest BCUT2D eigenvalue weighted by atomic mass is 9.86. The maximum atomic E-state index is 13.4. The quantitative estimate of drug-likeness (QED) is 0.567. The van der Waals surface area contributed by atoms with Crippen LogP contribution in [0.25, 0.3) is 0 Å². The molecular formula is C22H20N2O8. The second kappa shape index (κ2) is 7.97. The maximum absolute atomic E-state index is 13.4. The van der Waals surface area contributed by atoms with Crippen molar-refractivity contribution in [3.05, 3.63) is 53.6 Å². The second-order valence-electron chi connectivity index (χ2n) is 7.49. The van der Waals surface area contributed by atoms with E-state index in [1.807, 2.05) is 0 Å². The Morgan fingerprint density at radius 2 is 1.69 bits per heavy atom. The largest absolute Gasteiger partial charge is 0.497 e. The molecule has 2 aromatic rings. The van der Waals surface area contributed by atoms with Gasteiger partial charge in [0.15, 0.2) is 0 Å². The zero-order valence-electron chi connectivity index (χ0n) is 17.1. The van der Waals surface area contributed by atoms with Crippen molar-refractivity contribution in [1.29, 1.82) is 0 Å². The minimum atomic E-state index is -1.30. The summed E-state index contributed by atoms with van der Waals surface area (Å²) in [4.78, 5) is 50.8. The third-order valence-corrected chi connectivity index (χ3v) is 5.87. The van der Waals surface area contributed by atoms with Crippen LogP contribution in [0.15, 0.2) is 42.5 Å². The van der Waals surface area contributed by atoms with Crippen molar-refractivity contribution < 1.29 is 38.9 Å². The number of carboxylic acids is 2. The van der Waals surface area contributed by atoms with Gasteiger partial charge in [0, 0.05) is 17.7 Å².